The number of carbonyl (C=O) groups excluding carboxylic acids is 2. The van der Waals surface area contributed by atoms with Gasteiger partial charge in [-0.05, 0) is 50.2 Å². The number of aryl methyl sites for hydroxylation is 2. The van der Waals surface area contributed by atoms with Crippen LogP contribution in [0.2, 0.25) is 5.02 Å². The molecule has 2 amide bonds. The van der Waals surface area contributed by atoms with Gasteiger partial charge in [-0.1, -0.05) is 17.7 Å². The molecule has 3 heterocycles. The largest absolute Gasteiger partial charge is 0.335 e. The Bertz CT molecular complexity index is 1150. The Morgan fingerprint density at radius 1 is 0.968 bits per heavy atom. The van der Waals surface area contributed by atoms with E-state index in [1.807, 2.05) is 19.9 Å². The van der Waals surface area contributed by atoms with Crippen LogP contribution in [0.25, 0.3) is 5.82 Å². The molecule has 1 aliphatic rings. The van der Waals surface area contributed by atoms with Gasteiger partial charge in [-0.3, -0.25) is 9.59 Å². The third-order valence-electron chi connectivity index (χ3n) is 5.19. The van der Waals surface area contributed by atoms with Gasteiger partial charge >= 0.3 is 0 Å². The number of aromatic nitrogens is 3. The molecule has 1 saturated heterocycles. The number of nitrogens with zero attached hydrogens (tertiary/aromatic N) is 5. The van der Waals surface area contributed by atoms with E-state index in [1.54, 1.807) is 32.7 Å². The smallest absolute Gasteiger partial charge is 0.274 e. The summed E-state index contributed by atoms with van der Waals surface area (Å²) in [4.78, 5) is 33.4. The number of pyridine rings is 1. The van der Waals surface area contributed by atoms with Gasteiger partial charge < -0.3 is 9.80 Å². The molecule has 160 valence electrons. The van der Waals surface area contributed by atoms with Gasteiger partial charge in [0.2, 0.25) is 0 Å². The van der Waals surface area contributed by atoms with Gasteiger partial charge in [0.1, 0.15) is 11.5 Å². The summed E-state index contributed by atoms with van der Waals surface area (Å²) in [7, 11) is 0. The molecule has 31 heavy (non-hydrogen) atoms. The molecule has 0 N–H and O–H groups in total. The fraction of sp³-hybridized carbons (Fsp3) is 0.273. The van der Waals surface area contributed by atoms with Crippen LogP contribution < -0.4 is 0 Å². The molecule has 0 aliphatic carbocycles. The highest BCUT2D eigenvalue weighted by Gasteiger charge is 2.28. The minimum Gasteiger partial charge on any atom is -0.335 e. The van der Waals surface area contributed by atoms with Crippen LogP contribution in [0, 0.1) is 19.7 Å². The number of hydrogen-bond donors (Lipinski definition) is 0. The summed E-state index contributed by atoms with van der Waals surface area (Å²) in [6.45, 7) is 5.15. The molecule has 0 bridgehead atoms. The third-order valence-corrected chi connectivity index (χ3v) is 5.49. The first-order valence-electron chi connectivity index (χ1n) is 9.88. The average Bonchev–Trinajstić information content (AvgIpc) is 3.11. The molecule has 3 aromatic rings. The Morgan fingerprint density at radius 3 is 2.26 bits per heavy atom. The van der Waals surface area contributed by atoms with E-state index in [-0.39, 0.29) is 22.5 Å². The Morgan fingerprint density at radius 2 is 1.65 bits per heavy atom. The summed E-state index contributed by atoms with van der Waals surface area (Å²) in [6.07, 6.45) is 0. The zero-order valence-corrected chi connectivity index (χ0v) is 17.9. The van der Waals surface area contributed by atoms with E-state index >= 15 is 0 Å². The van der Waals surface area contributed by atoms with Crippen LogP contribution >= 0.6 is 11.6 Å². The number of piperazine rings is 1. The van der Waals surface area contributed by atoms with Crippen molar-refractivity contribution >= 4 is 23.4 Å². The summed E-state index contributed by atoms with van der Waals surface area (Å²) in [6, 6.07) is 10.9. The first-order valence-corrected chi connectivity index (χ1v) is 10.3. The van der Waals surface area contributed by atoms with Crippen LogP contribution in [0.4, 0.5) is 4.39 Å². The maximum atomic E-state index is 13.4. The molecule has 0 spiro atoms. The zero-order valence-electron chi connectivity index (χ0n) is 17.2. The van der Waals surface area contributed by atoms with Crippen molar-refractivity contribution in [1.82, 2.24) is 24.6 Å². The van der Waals surface area contributed by atoms with Crippen LogP contribution in [-0.4, -0.2) is 62.6 Å². The lowest BCUT2D eigenvalue weighted by molar-refractivity contribution is 0.0532. The van der Waals surface area contributed by atoms with Crippen molar-refractivity contribution in [2.75, 3.05) is 26.2 Å². The van der Waals surface area contributed by atoms with Gasteiger partial charge in [0.25, 0.3) is 11.8 Å². The molecule has 0 atom stereocenters. The van der Waals surface area contributed by atoms with Crippen molar-refractivity contribution in [2.45, 2.75) is 13.8 Å². The monoisotopic (exact) mass is 441 g/mol. The van der Waals surface area contributed by atoms with Gasteiger partial charge in [-0.2, -0.15) is 5.10 Å². The van der Waals surface area contributed by atoms with E-state index in [1.165, 1.54) is 18.2 Å². The highest BCUT2D eigenvalue weighted by atomic mass is 35.5. The molecule has 1 fully saturated rings. The number of carbonyl (C=O) groups is 2. The second kappa shape index (κ2) is 8.47. The van der Waals surface area contributed by atoms with Crippen LogP contribution in [0.1, 0.15) is 32.2 Å². The highest BCUT2D eigenvalue weighted by Crippen LogP contribution is 2.20. The van der Waals surface area contributed by atoms with Gasteiger partial charge in [0, 0.05) is 37.4 Å². The van der Waals surface area contributed by atoms with Crippen molar-refractivity contribution in [2.24, 2.45) is 0 Å². The van der Waals surface area contributed by atoms with Gasteiger partial charge in [-0.15, -0.1) is 0 Å². The molecular formula is C22H21ClFN5O2. The van der Waals surface area contributed by atoms with E-state index in [4.69, 9.17) is 11.6 Å². The Balaban J connectivity index is 1.48. The first kappa shape index (κ1) is 21.0. The van der Waals surface area contributed by atoms with Gasteiger partial charge in [-0.25, -0.2) is 14.1 Å². The van der Waals surface area contributed by atoms with Gasteiger partial charge in [0.05, 0.1) is 10.7 Å². The number of hydrogen-bond acceptors (Lipinski definition) is 4. The quantitative estimate of drug-likeness (QED) is 0.625. The summed E-state index contributed by atoms with van der Waals surface area (Å²) in [5.41, 5.74) is 2.19. The topological polar surface area (TPSA) is 71.3 Å². The maximum absolute atomic E-state index is 13.4. The van der Waals surface area contributed by atoms with Crippen molar-refractivity contribution in [3.63, 3.8) is 0 Å². The van der Waals surface area contributed by atoms with Crippen molar-refractivity contribution in [1.29, 1.82) is 0 Å². The lowest BCUT2D eigenvalue weighted by Crippen LogP contribution is -2.50. The number of amides is 2. The number of rotatable bonds is 3. The predicted octanol–water partition coefficient (Wildman–Crippen LogP) is 3.27. The normalized spacial score (nSPS) is 14.1. The molecular weight excluding hydrogens is 421 g/mol. The van der Waals surface area contributed by atoms with Crippen molar-refractivity contribution in [3.05, 3.63) is 75.9 Å². The molecule has 7 nitrogen and oxygen atoms in total. The molecule has 1 aliphatic heterocycles. The lowest BCUT2D eigenvalue weighted by atomic mass is 10.1. The van der Waals surface area contributed by atoms with Crippen molar-refractivity contribution in [3.8, 4) is 5.82 Å². The second-order valence-electron chi connectivity index (χ2n) is 7.43. The SMILES string of the molecule is Cc1cc(C)n(-c2ccc(Cl)c(C(=O)N3CCN(C(=O)c4cccc(F)c4)CC3)n2)n1. The minimum atomic E-state index is -0.456. The van der Waals surface area contributed by atoms with Crippen LogP contribution in [0.5, 0.6) is 0 Å². The molecule has 0 radical (unpaired) electrons. The van der Waals surface area contributed by atoms with Crippen LogP contribution in [0.15, 0.2) is 42.5 Å². The summed E-state index contributed by atoms with van der Waals surface area (Å²) in [5.74, 6) is -0.498. The summed E-state index contributed by atoms with van der Waals surface area (Å²) < 4.78 is 15.1. The Hall–Kier alpha value is -3.26. The zero-order chi connectivity index (χ0) is 22.1. The number of benzene rings is 1. The molecule has 2 aromatic heterocycles. The van der Waals surface area contributed by atoms with Crippen molar-refractivity contribution < 1.29 is 14.0 Å². The first-order chi connectivity index (χ1) is 14.8. The van der Waals surface area contributed by atoms with E-state index in [0.29, 0.717) is 37.6 Å². The molecule has 0 saturated carbocycles. The van der Waals surface area contributed by atoms with Crippen LogP contribution in [0.3, 0.4) is 0 Å². The Labute approximate surface area is 184 Å². The molecule has 1 aromatic carbocycles. The van der Waals surface area contributed by atoms with Crippen LogP contribution in [-0.2, 0) is 0 Å². The summed E-state index contributed by atoms with van der Waals surface area (Å²) in [5, 5.41) is 4.66. The summed E-state index contributed by atoms with van der Waals surface area (Å²) >= 11 is 6.28. The number of halogens is 2. The fourth-order valence-electron chi connectivity index (χ4n) is 3.63. The van der Waals surface area contributed by atoms with E-state index in [2.05, 4.69) is 10.1 Å². The molecule has 4 rings (SSSR count). The standard InChI is InChI=1S/C22H21ClFN5O2/c1-14-12-15(2)29(26-14)19-7-6-18(23)20(25-19)22(31)28-10-8-27(9-11-28)21(30)16-4-3-5-17(24)13-16/h3-7,12-13H,8-11H2,1-2H3. The second-order valence-corrected chi connectivity index (χ2v) is 7.84. The van der Waals surface area contributed by atoms with E-state index < -0.39 is 5.82 Å². The third kappa shape index (κ3) is 4.29. The average molecular weight is 442 g/mol. The fourth-order valence-corrected chi connectivity index (χ4v) is 3.81. The van der Waals surface area contributed by atoms with E-state index in [9.17, 15) is 14.0 Å². The maximum Gasteiger partial charge on any atom is 0.274 e. The molecule has 9 heteroatoms. The lowest BCUT2D eigenvalue weighted by Gasteiger charge is -2.34. The minimum absolute atomic E-state index is 0.150. The predicted molar refractivity (Wildman–Crippen MR) is 114 cm³/mol. The Kier molecular flexibility index (Phi) is 5.73. The molecule has 0 unspecified atom stereocenters. The van der Waals surface area contributed by atoms with E-state index in [0.717, 1.165) is 11.4 Å². The highest BCUT2D eigenvalue weighted by molar-refractivity contribution is 6.33. The van der Waals surface area contributed by atoms with Gasteiger partial charge in [0.15, 0.2) is 5.82 Å².